The molecule has 0 unspecified atom stereocenters. The Morgan fingerprint density at radius 3 is 2.33 bits per heavy atom. The average molecular weight is 642 g/mol. The Hall–Kier alpha value is -4.04. The maximum absolute atomic E-state index is 13.0. The van der Waals surface area contributed by atoms with Gasteiger partial charge < -0.3 is 30.2 Å². The molecule has 3 rings (SSSR count). The molecule has 1 aliphatic rings. The number of nitrogens with zero attached hydrogens (tertiary/aromatic N) is 4. The maximum Gasteiger partial charge on any atom is 0.430 e. The molecule has 3 atom stereocenters. The first-order valence-electron chi connectivity index (χ1n) is 14.1. The summed E-state index contributed by atoms with van der Waals surface area (Å²) in [5.74, 6) is -3.24. The summed E-state index contributed by atoms with van der Waals surface area (Å²) < 4.78 is 40.1. The minimum absolute atomic E-state index is 0.159. The molecule has 1 fully saturated rings. The van der Waals surface area contributed by atoms with E-state index in [1.807, 2.05) is 21.1 Å². The number of amides is 1. The van der Waals surface area contributed by atoms with Crippen molar-refractivity contribution in [1.82, 2.24) is 18.9 Å². The molecule has 0 radical (unpaired) electrons. The third kappa shape index (κ3) is 10.2. The highest BCUT2D eigenvalue weighted by molar-refractivity contribution is 5.95. The molecule has 16 heteroatoms. The minimum atomic E-state index is -5.19. The summed E-state index contributed by atoms with van der Waals surface area (Å²) in [5.41, 5.74) is 1.29. The van der Waals surface area contributed by atoms with E-state index in [0.29, 0.717) is 34.1 Å². The number of aromatic nitrogens is 2. The van der Waals surface area contributed by atoms with E-state index < -0.39 is 36.3 Å². The van der Waals surface area contributed by atoms with Crippen LogP contribution in [0.15, 0.2) is 34.0 Å². The smallest absolute Gasteiger partial charge is 0.430 e. The van der Waals surface area contributed by atoms with Gasteiger partial charge in [-0.2, -0.15) is 18.4 Å². The van der Waals surface area contributed by atoms with Gasteiger partial charge in [-0.25, -0.2) is 4.79 Å². The van der Waals surface area contributed by atoms with Gasteiger partial charge in [0.2, 0.25) is 0 Å². The summed E-state index contributed by atoms with van der Waals surface area (Å²) >= 11 is 0. The van der Waals surface area contributed by atoms with Crippen LogP contribution in [0.3, 0.4) is 0 Å². The van der Waals surface area contributed by atoms with Crippen molar-refractivity contribution in [2.75, 3.05) is 34.3 Å². The number of carboxylic acid groups (broad SMARTS) is 1. The van der Waals surface area contributed by atoms with Crippen LogP contribution in [0.1, 0.15) is 59.8 Å². The van der Waals surface area contributed by atoms with Crippen LogP contribution in [0.2, 0.25) is 0 Å². The minimum Gasteiger partial charge on any atom is -0.542 e. The number of unbranched alkanes of at least 4 members (excludes halogenated alkanes) is 3. The topological polar surface area (TPSA) is 187 Å². The van der Waals surface area contributed by atoms with Crippen LogP contribution < -0.4 is 26.2 Å². The summed E-state index contributed by atoms with van der Waals surface area (Å²) in [6.45, 7) is 2.00. The van der Waals surface area contributed by atoms with Gasteiger partial charge in [0.05, 0.1) is 33.9 Å². The highest BCUT2D eigenvalue weighted by atomic mass is 19.4. The number of halogens is 3. The third-order valence-electron chi connectivity index (χ3n) is 6.99. The number of quaternary nitrogens is 1. The molecule has 2 heterocycles. The molecule has 0 bridgehead atoms. The van der Waals surface area contributed by atoms with Gasteiger partial charge in [-0.05, 0) is 31.9 Å². The fourth-order valence-electron chi connectivity index (χ4n) is 4.62. The number of rotatable bonds is 11. The van der Waals surface area contributed by atoms with Crippen LogP contribution in [-0.4, -0.2) is 83.9 Å². The molecule has 0 saturated carbocycles. The van der Waals surface area contributed by atoms with Crippen LogP contribution in [0.4, 0.5) is 18.9 Å². The van der Waals surface area contributed by atoms with Gasteiger partial charge in [0.25, 0.3) is 11.5 Å². The number of carboxylic acids is 1. The van der Waals surface area contributed by atoms with E-state index in [9.17, 15) is 43.0 Å². The normalized spacial score (nSPS) is 18.1. The number of aliphatic hydroxyl groups is 2. The second-order valence-corrected chi connectivity index (χ2v) is 11.4. The van der Waals surface area contributed by atoms with E-state index in [0.717, 1.165) is 24.9 Å². The first kappa shape index (κ1) is 37.1. The van der Waals surface area contributed by atoms with Gasteiger partial charge in [0.15, 0.2) is 0 Å². The highest BCUT2D eigenvalue weighted by Gasteiger charge is 2.35. The van der Waals surface area contributed by atoms with E-state index in [2.05, 4.69) is 11.4 Å². The second-order valence-electron chi connectivity index (χ2n) is 11.4. The second kappa shape index (κ2) is 15.8. The molecule has 13 nitrogen and oxygen atoms in total. The average Bonchev–Trinajstić information content (AvgIpc) is 3.34. The number of nitriles is 1. The lowest BCUT2D eigenvalue weighted by atomic mass is 10.1. The van der Waals surface area contributed by atoms with E-state index in [4.69, 9.17) is 14.6 Å². The number of carbonyl (C=O) groups excluding carboxylic acids is 2. The van der Waals surface area contributed by atoms with E-state index in [1.165, 1.54) is 15.3 Å². The molecule has 2 aromatic rings. The van der Waals surface area contributed by atoms with E-state index in [-0.39, 0.29) is 31.0 Å². The quantitative estimate of drug-likeness (QED) is 0.229. The number of benzene rings is 1. The van der Waals surface area contributed by atoms with E-state index in [1.54, 1.807) is 25.1 Å². The zero-order valence-corrected chi connectivity index (χ0v) is 25.5. The van der Waals surface area contributed by atoms with Gasteiger partial charge in [-0.15, -0.1) is 0 Å². The first-order valence-corrected chi connectivity index (χ1v) is 14.1. The molecular formula is C29H38F3N5O8. The zero-order valence-electron chi connectivity index (χ0n) is 25.5. The SMILES string of the molecule is Cc1cn([C@H]2C[C@H](O)[C@@H](CO)O2)c(=O)n(CCCCCCNC(=O)c2ccc([N+](C)(C)C)c(C#N)c2)c1=O.O=C([O-])C(F)(F)F. The van der Waals surface area contributed by atoms with Crippen LogP contribution in [-0.2, 0) is 16.1 Å². The molecule has 1 aromatic carbocycles. The molecular weight excluding hydrogens is 603 g/mol. The Morgan fingerprint density at radius 2 is 1.80 bits per heavy atom. The monoisotopic (exact) mass is 641 g/mol. The number of carbonyl (C=O) groups is 2. The predicted octanol–water partition coefficient (Wildman–Crippen LogP) is 0.317. The van der Waals surface area contributed by atoms with Crippen molar-refractivity contribution in [1.29, 1.82) is 5.26 Å². The van der Waals surface area contributed by atoms with Gasteiger partial charge in [0, 0.05) is 42.9 Å². The predicted molar refractivity (Wildman–Crippen MR) is 154 cm³/mol. The Labute approximate surface area is 257 Å². The highest BCUT2D eigenvalue weighted by Crippen LogP contribution is 2.27. The van der Waals surface area contributed by atoms with Gasteiger partial charge in [-0.1, -0.05) is 12.8 Å². The number of nitrogens with one attached hydrogen (secondary N) is 1. The van der Waals surface area contributed by atoms with Crippen molar-refractivity contribution >= 4 is 17.6 Å². The molecule has 1 amide bonds. The fourth-order valence-corrected chi connectivity index (χ4v) is 4.62. The standard InChI is InChI=1S/C27H37N5O6.C2HF3O2/c1-18-16-31(24-14-22(34)23(17-33)38-24)27(37)30(26(18)36)12-8-6-5-7-11-29-25(35)19-9-10-21(32(2,3)4)20(13-19)15-28;3-2(4,5)1(6)7/h9-10,13,16,22-24,33-34H,5-8,11-12,14,17H2,1-4H3;(H,6,7)/t22-,23+,24+;/m0./s1. The fraction of sp³-hybridized carbons (Fsp3) is 0.552. The largest absolute Gasteiger partial charge is 0.542 e. The lowest BCUT2D eigenvalue weighted by Crippen LogP contribution is -2.42. The Morgan fingerprint density at radius 1 is 1.18 bits per heavy atom. The number of aryl methyl sites for hydroxylation is 1. The Balaban J connectivity index is 0.000000900. The number of ether oxygens (including phenoxy) is 1. The van der Waals surface area contributed by atoms with Crippen molar-refractivity contribution in [3.63, 3.8) is 0 Å². The van der Waals surface area contributed by atoms with Crippen molar-refractivity contribution < 1.29 is 42.8 Å². The molecule has 45 heavy (non-hydrogen) atoms. The van der Waals surface area contributed by atoms with Crippen LogP contribution in [0.5, 0.6) is 0 Å². The number of aliphatic hydroxyl groups excluding tert-OH is 2. The van der Waals surface area contributed by atoms with Crippen LogP contribution >= 0.6 is 0 Å². The number of hydrogen-bond acceptors (Lipinski definition) is 9. The van der Waals surface area contributed by atoms with Gasteiger partial charge in [-0.3, -0.25) is 23.2 Å². The maximum atomic E-state index is 13.0. The number of aliphatic carboxylic acids is 1. The summed E-state index contributed by atoms with van der Waals surface area (Å²) in [5, 5.41) is 40.4. The third-order valence-corrected chi connectivity index (χ3v) is 6.99. The van der Waals surface area contributed by atoms with Crippen LogP contribution in [0.25, 0.3) is 0 Å². The lowest BCUT2D eigenvalue weighted by Gasteiger charge is -2.24. The number of alkyl halides is 3. The zero-order chi connectivity index (χ0) is 34.1. The Bertz CT molecular complexity index is 1510. The van der Waals surface area contributed by atoms with E-state index >= 15 is 0 Å². The molecule has 0 aliphatic carbocycles. The molecule has 1 aromatic heterocycles. The summed E-state index contributed by atoms with van der Waals surface area (Å²) in [6.07, 6.45) is -3.07. The lowest BCUT2D eigenvalue weighted by molar-refractivity contribution is -0.344. The molecule has 0 spiro atoms. The molecule has 3 N–H and O–H groups in total. The summed E-state index contributed by atoms with van der Waals surface area (Å²) in [4.78, 5) is 46.9. The summed E-state index contributed by atoms with van der Waals surface area (Å²) in [6, 6.07) is 7.31. The molecule has 1 aliphatic heterocycles. The Kier molecular flexibility index (Phi) is 13.0. The van der Waals surface area contributed by atoms with Crippen molar-refractivity contribution in [2.45, 2.75) is 70.2 Å². The molecule has 1 saturated heterocycles. The van der Waals surface area contributed by atoms with Crippen LogP contribution in [0, 0.1) is 18.3 Å². The van der Waals surface area contributed by atoms with Crippen molar-refractivity contribution in [3.05, 3.63) is 61.9 Å². The first-order chi connectivity index (χ1) is 20.9. The van der Waals surface area contributed by atoms with Gasteiger partial charge >= 0.3 is 11.9 Å². The summed E-state index contributed by atoms with van der Waals surface area (Å²) in [7, 11) is 5.89. The molecule has 248 valence electrons. The van der Waals surface area contributed by atoms with Crippen molar-refractivity contribution in [3.8, 4) is 6.07 Å². The number of hydrogen-bond donors (Lipinski definition) is 3. The van der Waals surface area contributed by atoms with Gasteiger partial charge in [0.1, 0.15) is 35.6 Å². The van der Waals surface area contributed by atoms with Crippen molar-refractivity contribution in [2.24, 2.45) is 0 Å².